The van der Waals surface area contributed by atoms with Gasteiger partial charge in [-0.25, -0.2) is 22.0 Å². The Bertz CT molecular complexity index is 1070. The lowest BCUT2D eigenvalue weighted by atomic mass is 10.2. The number of anilines is 2. The number of alkyl halides is 3. The zero-order chi connectivity index (χ0) is 21.2. The number of carbonyl (C=O) groups excluding carboxylic acids is 1. The number of amides is 1. The van der Waals surface area contributed by atoms with Gasteiger partial charge in [0, 0.05) is 11.4 Å². The monoisotopic (exact) mass is 437 g/mol. The summed E-state index contributed by atoms with van der Waals surface area (Å²) in [5.41, 5.74) is 0.261. The molecule has 0 bridgehead atoms. The average Bonchev–Trinajstić information content (AvgIpc) is 2.55. The smallest absolute Gasteiger partial charge is 0.318 e. The van der Waals surface area contributed by atoms with Crippen LogP contribution in [0.25, 0.3) is 0 Å². The highest BCUT2D eigenvalue weighted by Gasteiger charge is 2.38. The number of primary sulfonamides is 1. The van der Waals surface area contributed by atoms with Crippen molar-refractivity contribution in [2.24, 2.45) is 5.14 Å². The number of nitrogens with one attached hydrogen (secondary N) is 2. The first-order valence-electron chi connectivity index (χ1n) is 7.37. The van der Waals surface area contributed by atoms with Crippen LogP contribution in [0.4, 0.5) is 24.5 Å². The SMILES string of the molecule is NS(=O)(=O)Cc1ccc(NS(=O)(=O)c2ccc(NC(=O)C(F)(F)F)cc2)cc1. The third-order valence-electron chi connectivity index (χ3n) is 3.25. The predicted octanol–water partition coefficient (Wildman–Crippen LogP) is 1.78. The van der Waals surface area contributed by atoms with Crippen LogP contribution in [-0.2, 0) is 30.6 Å². The lowest BCUT2D eigenvalue weighted by Crippen LogP contribution is -2.29. The summed E-state index contributed by atoms with van der Waals surface area (Å²) in [5, 5.41) is 6.52. The largest absolute Gasteiger partial charge is 0.471 e. The highest BCUT2D eigenvalue weighted by molar-refractivity contribution is 7.92. The molecule has 0 radical (unpaired) electrons. The zero-order valence-corrected chi connectivity index (χ0v) is 15.5. The summed E-state index contributed by atoms with van der Waals surface area (Å²) in [6, 6.07) is 9.45. The molecule has 0 saturated carbocycles. The number of benzene rings is 2. The Labute approximate surface area is 158 Å². The summed E-state index contributed by atoms with van der Waals surface area (Å²) in [6.45, 7) is 0. The van der Waals surface area contributed by atoms with Crippen LogP contribution in [0, 0.1) is 0 Å². The minimum absolute atomic E-state index is 0.132. The van der Waals surface area contributed by atoms with Gasteiger partial charge >= 0.3 is 12.1 Å². The van der Waals surface area contributed by atoms with Gasteiger partial charge in [-0.05, 0) is 42.0 Å². The van der Waals surface area contributed by atoms with Crippen molar-refractivity contribution in [2.45, 2.75) is 16.8 Å². The highest BCUT2D eigenvalue weighted by Crippen LogP contribution is 2.21. The second-order valence-electron chi connectivity index (χ2n) is 5.59. The lowest BCUT2D eigenvalue weighted by molar-refractivity contribution is -0.167. The number of nitrogens with two attached hydrogens (primary N) is 1. The van der Waals surface area contributed by atoms with Crippen LogP contribution in [0.15, 0.2) is 53.4 Å². The van der Waals surface area contributed by atoms with E-state index in [9.17, 15) is 34.8 Å². The standard InChI is InChI=1S/C15H14F3N3O5S2/c16-15(17,18)14(22)20-11-5-7-13(8-6-11)28(25,26)21-12-3-1-10(2-4-12)9-27(19,23)24/h1-8,21H,9H2,(H,20,22)(H2,19,23,24). The Morgan fingerprint density at radius 2 is 1.39 bits per heavy atom. The van der Waals surface area contributed by atoms with Crippen molar-refractivity contribution in [3.8, 4) is 0 Å². The highest BCUT2D eigenvalue weighted by atomic mass is 32.2. The number of carbonyl (C=O) groups is 1. The van der Waals surface area contributed by atoms with Crippen LogP contribution >= 0.6 is 0 Å². The van der Waals surface area contributed by atoms with Crippen molar-refractivity contribution >= 4 is 37.3 Å². The fourth-order valence-electron chi connectivity index (χ4n) is 2.03. The molecule has 0 atom stereocenters. The van der Waals surface area contributed by atoms with Gasteiger partial charge in [-0.15, -0.1) is 0 Å². The predicted molar refractivity (Wildman–Crippen MR) is 95.2 cm³/mol. The van der Waals surface area contributed by atoms with Gasteiger partial charge in [0.1, 0.15) is 0 Å². The molecule has 0 fully saturated rings. The van der Waals surface area contributed by atoms with Gasteiger partial charge in [0.25, 0.3) is 10.0 Å². The summed E-state index contributed by atoms with van der Waals surface area (Å²) in [5.74, 6) is -2.59. The molecule has 8 nitrogen and oxygen atoms in total. The molecule has 2 aromatic rings. The molecule has 28 heavy (non-hydrogen) atoms. The first kappa shape index (κ1) is 21.7. The third-order valence-corrected chi connectivity index (χ3v) is 5.39. The molecule has 13 heteroatoms. The Morgan fingerprint density at radius 1 is 0.893 bits per heavy atom. The number of halogens is 3. The van der Waals surface area contributed by atoms with Gasteiger partial charge in [0.05, 0.1) is 10.6 Å². The molecule has 0 aliphatic heterocycles. The third kappa shape index (κ3) is 6.21. The molecule has 0 aliphatic rings. The van der Waals surface area contributed by atoms with Gasteiger partial charge in [-0.1, -0.05) is 12.1 Å². The van der Waals surface area contributed by atoms with E-state index in [0.717, 1.165) is 24.3 Å². The van der Waals surface area contributed by atoms with Gasteiger partial charge in [-0.2, -0.15) is 13.2 Å². The molecule has 0 heterocycles. The number of rotatable bonds is 6. The first-order valence-corrected chi connectivity index (χ1v) is 10.6. The van der Waals surface area contributed by atoms with Gasteiger partial charge in [-0.3, -0.25) is 9.52 Å². The van der Waals surface area contributed by atoms with E-state index in [1.807, 2.05) is 0 Å². The van der Waals surface area contributed by atoms with E-state index in [1.54, 1.807) is 5.32 Å². The molecule has 2 aromatic carbocycles. The molecule has 1 amide bonds. The van der Waals surface area contributed by atoms with Gasteiger partial charge in [0.2, 0.25) is 10.0 Å². The minimum Gasteiger partial charge on any atom is -0.318 e. The second kappa shape index (κ2) is 7.77. The maximum atomic E-state index is 12.3. The second-order valence-corrected chi connectivity index (χ2v) is 8.88. The van der Waals surface area contributed by atoms with Crippen molar-refractivity contribution in [2.75, 3.05) is 10.0 Å². The van der Waals surface area contributed by atoms with Gasteiger partial charge in [0.15, 0.2) is 0 Å². The number of sulfonamides is 2. The lowest BCUT2D eigenvalue weighted by Gasteiger charge is -2.11. The van der Waals surface area contributed by atoms with Crippen LogP contribution in [0.5, 0.6) is 0 Å². The van der Waals surface area contributed by atoms with Crippen LogP contribution in [0.3, 0.4) is 0 Å². The fraction of sp³-hybridized carbons (Fsp3) is 0.133. The summed E-state index contributed by atoms with van der Waals surface area (Å²) in [7, 11) is -7.79. The maximum absolute atomic E-state index is 12.3. The quantitative estimate of drug-likeness (QED) is 0.633. The molecule has 152 valence electrons. The van der Waals surface area contributed by atoms with Crippen LogP contribution < -0.4 is 15.2 Å². The number of hydrogen-bond donors (Lipinski definition) is 3. The Balaban J connectivity index is 2.11. The van der Waals surface area contributed by atoms with Crippen molar-refractivity contribution in [3.05, 3.63) is 54.1 Å². The molecule has 0 aromatic heterocycles. The van der Waals surface area contributed by atoms with Crippen molar-refractivity contribution < 1.29 is 34.8 Å². The van der Waals surface area contributed by atoms with Crippen molar-refractivity contribution in [1.29, 1.82) is 0 Å². The Morgan fingerprint density at radius 3 is 1.86 bits per heavy atom. The van der Waals surface area contributed by atoms with E-state index in [2.05, 4.69) is 4.72 Å². The summed E-state index contributed by atoms with van der Waals surface area (Å²) >= 11 is 0. The van der Waals surface area contributed by atoms with E-state index < -0.39 is 37.9 Å². The minimum atomic E-state index is -5.07. The Hall–Kier alpha value is -2.64. The molecule has 0 spiro atoms. The molecule has 2 rings (SSSR count). The van der Waals surface area contributed by atoms with Crippen LogP contribution in [0.2, 0.25) is 0 Å². The van der Waals surface area contributed by atoms with Crippen LogP contribution in [-0.4, -0.2) is 28.9 Å². The zero-order valence-electron chi connectivity index (χ0n) is 13.9. The van der Waals surface area contributed by atoms with E-state index in [1.165, 1.54) is 24.3 Å². The van der Waals surface area contributed by atoms with Gasteiger partial charge < -0.3 is 5.32 Å². The van der Waals surface area contributed by atoms with E-state index in [-0.39, 0.29) is 16.3 Å². The maximum Gasteiger partial charge on any atom is 0.471 e. The van der Waals surface area contributed by atoms with Crippen molar-refractivity contribution in [3.63, 3.8) is 0 Å². The Kier molecular flexibility index (Phi) is 6.01. The number of hydrogen-bond acceptors (Lipinski definition) is 5. The van der Waals surface area contributed by atoms with Crippen LogP contribution in [0.1, 0.15) is 5.56 Å². The van der Waals surface area contributed by atoms with E-state index in [4.69, 9.17) is 5.14 Å². The summed E-state index contributed by atoms with van der Waals surface area (Å²) in [6.07, 6.45) is -5.07. The fourth-order valence-corrected chi connectivity index (χ4v) is 3.75. The molecular formula is C15H14F3N3O5S2. The molecule has 0 saturated heterocycles. The summed E-state index contributed by atoms with van der Waals surface area (Å²) in [4.78, 5) is 10.6. The molecule has 0 aliphatic carbocycles. The van der Waals surface area contributed by atoms with Crippen molar-refractivity contribution in [1.82, 2.24) is 0 Å². The topological polar surface area (TPSA) is 135 Å². The normalized spacial score (nSPS) is 12.4. The molecule has 0 unspecified atom stereocenters. The first-order chi connectivity index (χ1) is 12.8. The average molecular weight is 437 g/mol. The molecule has 4 N–H and O–H groups in total. The van der Waals surface area contributed by atoms with E-state index in [0.29, 0.717) is 5.56 Å². The van der Waals surface area contributed by atoms with E-state index >= 15 is 0 Å². The molecular weight excluding hydrogens is 423 g/mol. The summed E-state index contributed by atoms with van der Waals surface area (Å²) < 4.78 is 85.5.